The van der Waals surface area contributed by atoms with E-state index in [4.69, 9.17) is 16.3 Å². The Labute approximate surface area is 106 Å². The zero-order valence-corrected chi connectivity index (χ0v) is 10.3. The van der Waals surface area contributed by atoms with Crippen molar-refractivity contribution in [2.75, 3.05) is 0 Å². The van der Waals surface area contributed by atoms with E-state index in [9.17, 15) is 4.79 Å². The van der Waals surface area contributed by atoms with Gasteiger partial charge < -0.3 is 4.74 Å². The van der Waals surface area contributed by atoms with Crippen molar-refractivity contribution >= 4 is 17.6 Å². The number of allylic oxidation sites excluding steroid dienone is 3. The Morgan fingerprint density at radius 1 is 1.24 bits per heavy atom. The van der Waals surface area contributed by atoms with Crippen LogP contribution in [-0.2, 0) is 4.79 Å². The summed E-state index contributed by atoms with van der Waals surface area (Å²) in [6.07, 6.45) is 3.18. The average Bonchev–Trinajstić information content (AvgIpc) is 2.30. The van der Waals surface area contributed by atoms with Crippen LogP contribution >= 0.6 is 11.6 Å². The number of hydrogen-bond acceptors (Lipinski definition) is 2. The molecule has 0 aromatic heterocycles. The Morgan fingerprint density at radius 3 is 2.59 bits per heavy atom. The van der Waals surface area contributed by atoms with Gasteiger partial charge in [0.2, 0.25) is 0 Å². The van der Waals surface area contributed by atoms with E-state index >= 15 is 0 Å². The molecule has 0 bridgehead atoms. The lowest BCUT2D eigenvalue weighted by atomic mass is 9.99. The molecule has 0 fully saturated rings. The van der Waals surface area contributed by atoms with E-state index < -0.39 is 0 Å². The minimum Gasteiger partial charge on any atom is -0.423 e. The molecule has 0 saturated carbocycles. The summed E-state index contributed by atoms with van der Waals surface area (Å²) in [6.45, 7) is 1.88. The summed E-state index contributed by atoms with van der Waals surface area (Å²) >= 11 is 5.92. The second-order valence-electron chi connectivity index (χ2n) is 3.96. The first kappa shape index (κ1) is 11.9. The number of halogens is 1. The molecule has 0 aliphatic heterocycles. The van der Waals surface area contributed by atoms with Crippen LogP contribution < -0.4 is 4.74 Å². The Balaban J connectivity index is 2.14. The van der Waals surface area contributed by atoms with Gasteiger partial charge in [0, 0.05) is 10.6 Å². The van der Waals surface area contributed by atoms with Crippen LogP contribution in [0, 0.1) is 0 Å². The summed E-state index contributed by atoms with van der Waals surface area (Å²) < 4.78 is 5.29. The van der Waals surface area contributed by atoms with Crippen molar-refractivity contribution in [1.29, 1.82) is 0 Å². The zero-order chi connectivity index (χ0) is 12.3. The fraction of sp³-hybridized carbons (Fsp3) is 0.214. The highest BCUT2D eigenvalue weighted by Crippen LogP contribution is 2.27. The van der Waals surface area contributed by atoms with E-state index in [2.05, 4.69) is 0 Å². The van der Waals surface area contributed by atoms with Gasteiger partial charge in [0.05, 0.1) is 0 Å². The van der Waals surface area contributed by atoms with Crippen LogP contribution in [-0.4, -0.2) is 5.97 Å². The molecule has 88 valence electrons. The van der Waals surface area contributed by atoms with Gasteiger partial charge in [0.25, 0.3) is 0 Å². The van der Waals surface area contributed by atoms with E-state index in [0.717, 1.165) is 10.6 Å². The smallest absolute Gasteiger partial charge is 0.339 e. The third-order valence-electron chi connectivity index (χ3n) is 2.66. The molecule has 2 nitrogen and oxygen atoms in total. The topological polar surface area (TPSA) is 26.3 Å². The highest BCUT2D eigenvalue weighted by Gasteiger charge is 2.18. The Kier molecular flexibility index (Phi) is 3.64. The maximum atomic E-state index is 11.9. The average molecular weight is 249 g/mol. The van der Waals surface area contributed by atoms with E-state index in [1.54, 1.807) is 12.1 Å². The number of rotatable bonds is 2. The summed E-state index contributed by atoms with van der Waals surface area (Å²) in [5, 5.41) is 0.791. The first-order valence-corrected chi connectivity index (χ1v) is 5.87. The van der Waals surface area contributed by atoms with Crippen LogP contribution in [0.5, 0.6) is 5.75 Å². The molecule has 3 heteroatoms. The van der Waals surface area contributed by atoms with E-state index in [-0.39, 0.29) is 5.97 Å². The Bertz CT molecular complexity index is 486. The third kappa shape index (κ3) is 2.98. The van der Waals surface area contributed by atoms with Crippen molar-refractivity contribution in [3.8, 4) is 5.75 Å². The summed E-state index contributed by atoms with van der Waals surface area (Å²) in [5.41, 5.74) is 1.60. The molecule has 1 aliphatic rings. The molecule has 0 N–H and O–H groups in total. The Hall–Kier alpha value is -1.54. The van der Waals surface area contributed by atoms with Crippen LogP contribution in [0.1, 0.15) is 19.8 Å². The normalized spacial score (nSPS) is 15.5. The Morgan fingerprint density at radius 2 is 1.94 bits per heavy atom. The molecule has 0 atom stereocenters. The van der Waals surface area contributed by atoms with Gasteiger partial charge in [0.15, 0.2) is 0 Å². The van der Waals surface area contributed by atoms with E-state index in [0.29, 0.717) is 24.2 Å². The lowest BCUT2D eigenvalue weighted by Crippen LogP contribution is -2.14. The molecule has 0 radical (unpaired) electrons. The van der Waals surface area contributed by atoms with Gasteiger partial charge in [0.1, 0.15) is 5.75 Å². The highest BCUT2D eigenvalue weighted by atomic mass is 35.5. The quantitative estimate of drug-likeness (QED) is 0.587. The van der Waals surface area contributed by atoms with E-state index in [1.807, 2.05) is 31.2 Å². The van der Waals surface area contributed by atoms with Crippen molar-refractivity contribution in [3.05, 3.63) is 52.6 Å². The van der Waals surface area contributed by atoms with Crippen molar-refractivity contribution in [2.45, 2.75) is 19.8 Å². The van der Waals surface area contributed by atoms with Gasteiger partial charge in [-0.15, -0.1) is 0 Å². The molecular formula is C14H13ClO2. The molecule has 0 saturated heterocycles. The van der Waals surface area contributed by atoms with Gasteiger partial charge in [-0.2, -0.15) is 0 Å². The second-order valence-corrected chi connectivity index (χ2v) is 4.44. The van der Waals surface area contributed by atoms with Gasteiger partial charge in [-0.05, 0) is 43.5 Å². The van der Waals surface area contributed by atoms with Crippen LogP contribution in [0.4, 0.5) is 0 Å². The number of ether oxygens (including phenoxy) is 1. The van der Waals surface area contributed by atoms with Crippen LogP contribution in [0.2, 0.25) is 0 Å². The fourth-order valence-corrected chi connectivity index (χ4v) is 2.01. The monoisotopic (exact) mass is 248 g/mol. The standard InChI is InChI=1S/C14H13ClO2/c1-10-9-11(15)7-8-13(10)14(16)17-12-5-3-2-4-6-12/h2-6,9H,7-8H2,1H3. The number of benzene rings is 1. The molecule has 1 aromatic carbocycles. The first-order chi connectivity index (χ1) is 8.16. The number of esters is 1. The van der Waals surface area contributed by atoms with E-state index in [1.165, 1.54) is 0 Å². The van der Waals surface area contributed by atoms with Gasteiger partial charge in [-0.1, -0.05) is 29.8 Å². The molecule has 0 spiro atoms. The summed E-state index contributed by atoms with van der Waals surface area (Å²) in [7, 11) is 0. The summed E-state index contributed by atoms with van der Waals surface area (Å²) in [5.74, 6) is 0.285. The van der Waals surface area contributed by atoms with Crippen LogP contribution in [0.15, 0.2) is 52.6 Å². The lowest BCUT2D eigenvalue weighted by Gasteiger charge is -2.14. The lowest BCUT2D eigenvalue weighted by molar-refractivity contribution is -0.130. The van der Waals surface area contributed by atoms with Crippen molar-refractivity contribution < 1.29 is 9.53 Å². The molecule has 2 rings (SSSR count). The minimum atomic E-state index is -0.283. The summed E-state index contributed by atoms with van der Waals surface area (Å²) in [4.78, 5) is 11.9. The molecule has 1 aliphatic carbocycles. The maximum absolute atomic E-state index is 11.9. The predicted octanol–water partition coefficient (Wildman–Crippen LogP) is 3.83. The number of carbonyl (C=O) groups is 1. The maximum Gasteiger partial charge on any atom is 0.339 e. The molecule has 17 heavy (non-hydrogen) atoms. The zero-order valence-electron chi connectivity index (χ0n) is 9.57. The largest absolute Gasteiger partial charge is 0.423 e. The van der Waals surface area contributed by atoms with Crippen LogP contribution in [0.3, 0.4) is 0 Å². The second kappa shape index (κ2) is 5.19. The predicted molar refractivity (Wildman–Crippen MR) is 67.9 cm³/mol. The minimum absolute atomic E-state index is 0.283. The van der Waals surface area contributed by atoms with Crippen LogP contribution in [0.25, 0.3) is 0 Å². The molecule has 0 unspecified atom stereocenters. The van der Waals surface area contributed by atoms with Gasteiger partial charge >= 0.3 is 5.97 Å². The SMILES string of the molecule is CC1=C(C(=O)Oc2ccccc2)CCC(Cl)=C1. The third-order valence-corrected chi connectivity index (χ3v) is 2.96. The number of carbonyl (C=O) groups excluding carboxylic acids is 1. The summed E-state index contributed by atoms with van der Waals surface area (Å²) in [6, 6.07) is 9.08. The van der Waals surface area contributed by atoms with Crippen molar-refractivity contribution in [2.24, 2.45) is 0 Å². The van der Waals surface area contributed by atoms with Crippen molar-refractivity contribution in [1.82, 2.24) is 0 Å². The number of para-hydroxylation sites is 1. The molecule has 1 aromatic rings. The first-order valence-electron chi connectivity index (χ1n) is 5.50. The molecule has 0 heterocycles. The van der Waals surface area contributed by atoms with Gasteiger partial charge in [-0.3, -0.25) is 0 Å². The molecular weight excluding hydrogens is 236 g/mol. The van der Waals surface area contributed by atoms with Gasteiger partial charge in [-0.25, -0.2) is 4.79 Å². The molecule has 0 amide bonds. The number of hydrogen-bond donors (Lipinski definition) is 0. The highest BCUT2D eigenvalue weighted by molar-refractivity contribution is 6.30. The van der Waals surface area contributed by atoms with Crippen molar-refractivity contribution in [3.63, 3.8) is 0 Å². The fourth-order valence-electron chi connectivity index (χ4n) is 1.76.